The molecule has 0 saturated heterocycles. The van der Waals surface area contributed by atoms with E-state index in [1.54, 1.807) is 0 Å². The van der Waals surface area contributed by atoms with Gasteiger partial charge in [-0.15, -0.1) is 0 Å². The molecule has 0 spiro atoms. The Bertz CT molecular complexity index is 770. The van der Waals surface area contributed by atoms with Crippen LogP contribution in [-0.2, 0) is 6.54 Å². The van der Waals surface area contributed by atoms with Gasteiger partial charge in [0.1, 0.15) is 0 Å². The highest BCUT2D eigenvalue weighted by Crippen LogP contribution is 2.31. The van der Waals surface area contributed by atoms with E-state index in [4.69, 9.17) is 0 Å². The summed E-state index contributed by atoms with van der Waals surface area (Å²) in [5.74, 6) is 0. The van der Waals surface area contributed by atoms with E-state index in [9.17, 15) is 0 Å². The van der Waals surface area contributed by atoms with Gasteiger partial charge in [-0.3, -0.25) is 4.99 Å². The maximum atomic E-state index is 4.66. The molecule has 2 aromatic rings. The van der Waals surface area contributed by atoms with Gasteiger partial charge in [0.2, 0.25) is 0 Å². The van der Waals surface area contributed by atoms with E-state index in [1.807, 2.05) is 12.3 Å². The second kappa shape index (κ2) is 3.14. The van der Waals surface area contributed by atoms with Gasteiger partial charge in [-0.25, -0.2) is 4.99 Å². The van der Waals surface area contributed by atoms with Gasteiger partial charge in [0.25, 0.3) is 0 Å². The molecule has 4 rings (SSSR count). The van der Waals surface area contributed by atoms with Crippen molar-refractivity contribution in [3.8, 4) is 11.1 Å². The summed E-state index contributed by atoms with van der Waals surface area (Å²) in [6.45, 7) is 0.769. The number of nitrogens with zero attached hydrogens (tertiary/aromatic N) is 2. The maximum Gasteiger partial charge on any atom is 0.0720 e. The van der Waals surface area contributed by atoms with Crippen LogP contribution in [0.2, 0.25) is 0 Å². The quantitative estimate of drug-likeness (QED) is 0.551. The van der Waals surface area contributed by atoms with Crippen molar-refractivity contribution in [1.82, 2.24) is 0 Å². The maximum absolute atomic E-state index is 4.66. The number of rotatable bonds is 0. The third kappa shape index (κ3) is 1.21. The summed E-state index contributed by atoms with van der Waals surface area (Å²) in [7, 11) is 0. The van der Waals surface area contributed by atoms with Crippen LogP contribution in [0.3, 0.4) is 0 Å². The molecule has 2 aliphatic rings. The normalized spacial score (nSPS) is 14.4. The first-order valence-corrected chi connectivity index (χ1v) is 5.73. The summed E-state index contributed by atoms with van der Waals surface area (Å²) in [6, 6.07) is 12.7. The fraction of sp³-hybridized carbons (Fsp3) is 0.0667. The van der Waals surface area contributed by atoms with Gasteiger partial charge in [0.05, 0.1) is 17.6 Å². The fourth-order valence-corrected chi connectivity index (χ4v) is 2.46. The first kappa shape index (κ1) is 8.88. The zero-order valence-electron chi connectivity index (χ0n) is 9.22. The molecule has 0 unspecified atom stereocenters. The van der Waals surface area contributed by atoms with Gasteiger partial charge in [0, 0.05) is 17.3 Å². The molecule has 80 valence electrons. The van der Waals surface area contributed by atoms with Crippen LogP contribution in [0.4, 0.5) is 5.69 Å². The smallest absolute Gasteiger partial charge is 0.0720 e. The van der Waals surface area contributed by atoms with Crippen LogP contribution in [0.15, 0.2) is 46.4 Å². The predicted octanol–water partition coefficient (Wildman–Crippen LogP) is 1.98. The second-order valence-corrected chi connectivity index (χ2v) is 4.35. The van der Waals surface area contributed by atoms with Gasteiger partial charge in [-0.05, 0) is 35.1 Å². The lowest BCUT2D eigenvalue weighted by molar-refractivity contribution is 1.05. The number of fused-ring (bicyclic) bond motifs is 4. The van der Waals surface area contributed by atoms with Crippen molar-refractivity contribution in [3.63, 3.8) is 0 Å². The third-order valence-corrected chi connectivity index (χ3v) is 3.31. The molecule has 2 nitrogen and oxygen atoms in total. The van der Waals surface area contributed by atoms with Crippen molar-refractivity contribution in [3.05, 3.63) is 52.5 Å². The lowest BCUT2D eigenvalue weighted by Crippen LogP contribution is -2.18. The SMILES string of the molecule is C1=NCc2cc3c(cc2=C1)-c1ccccc1N=3. The van der Waals surface area contributed by atoms with Gasteiger partial charge in [0.15, 0.2) is 0 Å². The Hall–Kier alpha value is -2.22. The number of hydrogen-bond acceptors (Lipinski definition) is 2. The van der Waals surface area contributed by atoms with E-state index in [1.165, 1.54) is 21.9 Å². The predicted molar refractivity (Wildman–Crippen MR) is 69.0 cm³/mol. The molecule has 2 aromatic carbocycles. The van der Waals surface area contributed by atoms with Crippen molar-refractivity contribution < 1.29 is 0 Å². The highest BCUT2D eigenvalue weighted by molar-refractivity contribution is 5.92. The first-order valence-electron chi connectivity index (χ1n) is 5.73. The summed E-state index contributed by atoms with van der Waals surface area (Å²) in [6.07, 6.45) is 3.95. The molecule has 2 heterocycles. The van der Waals surface area contributed by atoms with Gasteiger partial charge in [-0.2, -0.15) is 0 Å². The van der Waals surface area contributed by atoms with Crippen LogP contribution in [0.5, 0.6) is 0 Å². The Kier molecular flexibility index (Phi) is 1.64. The van der Waals surface area contributed by atoms with Crippen molar-refractivity contribution in [1.29, 1.82) is 0 Å². The minimum absolute atomic E-state index is 0.769. The second-order valence-electron chi connectivity index (χ2n) is 4.35. The number of para-hydroxylation sites is 1. The summed E-state index contributed by atoms with van der Waals surface area (Å²) in [5, 5.41) is 2.35. The van der Waals surface area contributed by atoms with Crippen LogP contribution < -0.4 is 10.6 Å². The van der Waals surface area contributed by atoms with E-state index in [2.05, 4.69) is 46.4 Å². The van der Waals surface area contributed by atoms with Crippen LogP contribution >= 0.6 is 0 Å². The minimum atomic E-state index is 0.769. The monoisotopic (exact) mass is 218 g/mol. The van der Waals surface area contributed by atoms with Gasteiger partial charge >= 0.3 is 0 Å². The molecular weight excluding hydrogens is 208 g/mol. The molecule has 0 radical (unpaired) electrons. The van der Waals surface area contributed by atoms with Crippen LogP contribution in [-0.4, -0.2) is 6.21 Å². The Morgan fingerprint density at radius 3 is 2.94 bits per heavy atom. The lowest BCUT2D eigenvalue weighted by Gasteiger charge is -2.04. The van der Waals surface area contributed by atoms with Crippen LogP contribution in [0.25, 0.3) is 17.2 Å². The summed E-state index contributed by atoms with van der Waals surface area (Å²) >= 11 is 0. The largest absolute Gasteiger partial charge is 0.288 e. The summed E-state index contributed by atoms with van der Waals surface area (Å²) < 4.78 is 0. The molecule has 0 bridgehead atoms. The van der Waals surface area contributed by atoms with Crippen molar-refractivity contribution in [2.75, 3.05) is 0 Å². The Morgan fingerprint density at radius 2 is 1.94 bits per heavy atom. The van der Waals surface area contributed by atoms with E-state index >= 15 is 0 Å². The number of benzene rings is 2. The molecule has 2 heteroatoms. The Labute approximate surface area is 98.7 Å². The first-order chi connectivity index (χ1) is 8.42. The average Bonchev–Trinajstić information content (AvgIpc) is 2.73. The number of hydrogen-bond donors (Lipinski definition) is 0. The van der Waals surface area contributed by atoms with E-state index in [-0.39, 0.29) is 0 Å². The average molecular weight is 218 g/mol. The summed E-state index contributed by atoms with van der Waals surface area (Å²) in [5.41, 5.74) is 4.82. The van der Waals surface area contributed by atoms with Crippen LogP contribution in [0.1, 0.15) is 5.56 Å². The molecule has 0 amide bonds. The van der Waals surface area contributed by atoms with Crippen molar-refractivity contribution >= 4 is 18.0 Å². The minimum Gasteiger partial charge on any atom is -0.288 e. The molecule has 2 aliphatic heterocycles. The van der Waals surface area contributed by atoms with Crippen molar-refractivity contribution in [2.24, 2.45) is 9.98 Å². The highest BCUT2D eigenvalue weighted by Gasteiger charge is 2.14. The lowest BCUT2D eigenvalue weighted by atomic mass is 10.0. The Morgan fingerprint density at radius 1 is 1.00 bits per heavy atom. The Balaban J connectivity index is 2.10. The third-order valence-electron chi connectivity index (χ3n) is 3.31. The standard InChI is InChI=1S/C15H10N2/c1-2-4-14-12(3-1)13-7-10-5-6-16-9-11(10)8-15(13)17-14/h1-8H,9H2. The molecular formula is C15H10N2. The van der Waals surface area contributed by atoms with Gasteiger partial charge < -0.3 is 0 Å². The van der Waals surface area contributed by atoms with Gasteiger partial charge in [-0.1, -0.05) is 18.2 Å². The topological polar surface area (TPSA) is 24.7 Å². The molecule has 0 saturated carbocycles. The molecule has 0 fully saturated rings. The molecule has 0 N–H and O–H groups in total. The van der Waals surface area contributed by atoms with E-state index in [0.29, 0.717) is 0 Å². The van der Waals surface area contributed by atoms with E-state index in [0.717, 1.165) is 17.6 Å². The molecule has 0 aliphatic carbocycles. The fourth-order valence-electron chi connectivity index (χ4n) is 2.46. The molecule has 0 atom stereocenters. The zero-order chi connectivity index (χ0) is 11.2. The van der Waals surface area contributed by atoms with Crippen molar-refractivity contribution in [2.45, 2.75) is 6.54 Å². The number of aliphatic imine (C=N–C) groups is 1. The molecule has 17 heavy (non-hydrogen) atoms. The van der Waals surface area contributed by atoms with E-state index < -0.39 is 0 Å². The summed E-state index contributed by atoms with van der Waals surface area (Å²) in [4.78, 5) is 8.93. The zero-order valence-corrected chi connectivity index (χ0v) is 9.22. The highest BCUT2D eigenvalue weighted by atomic mass is 14.8. The van der Waals surface area contributed by atoms with Crippen LogP contribution in [0, 0.1) is 0 Å². The molecule has 0 aromatic heterocycles.